The van der Waals surface area contributed by atoms with Crippen molar-refractivity contribution in [1.29, 1.82) is 5.26 Å². The number of rotatable bonds is 3. The van der Waals surface area contributed by atoms with Crippen molar-refractivity contribution in [2.24, 2.45) is 5.16 Å². The Balaban J connectivity index is 2.72. The molecule has 1 heterocycles. The summed E-state index contributed by atoms with van der Waals surface area (Å²) in [5, 5.41) is 23.3. The minimum absolute atomic E-state index is 0.00822. The van der Waals surface area contributed by atoms with Gasteiger partial charge in [-0.1, -0.05) is 5.16 Å². The van der Waals surface area contributed by atoms with E-state index in [1.807, 2.05) is 6.07 Å². The maximum absolute atomic E-state index is 13.1. The zero-order chi connectivity index (χ0) is 19.5. The van der Waals surface area contributed by atoms with E-state index in [-0.39, 0.29) is 22.5 Å². The Morgan fingerprint density at radius 3 is 2.50 bits per heavy atom. The molecule has 1 aromatic carbocycles. The molecule has 0 saturated heterocycles. The number of pyridine rings is 1. The monoisotopic (exact) mass is 363 g/mol. The quantitative estimate of drug-likeness (QED) is 0.653. The molecule has 0 fully saturated rings. The molecule has 0 bridgehead atoms. The number of aromatic hydroxyl groups is 1. The lowest BCUT2D eigenvalue weighted by molar-refractivity contribution is -0.137. The molecule has 0 aliphatic carbocycles. The Hall–Kier alpha value is -3.08. The number of alkyl halides is 3. The predicted molar refractivity (Wildman–Crippen MR) is 88.5 cm³/mol. The number of phenols is 1. The molecule has 0 spiro atoms. The third kappa shape index (κ3) is 4.51. The van der Waals surface area contributed by atoms with Gasteiger partial charge < -0.3 is 9.94 Å². The Labute approximate surface area is 148 Å². The molecule has 0 saturated carbocycles. The van der Waals surface area contributed by atoms with E-state index in [0.29, 0.717) is 0 Å². The summed E-state index contributed by atoms with van der Waals surface area (Å²) in [5.74, 6) is -0.441. The fourth-order valence-electron chi connectivity index (χ4n) is 1.99. The van der Waals surface area contributed by atoms with Crippen LogP contribution in [0.2, 0.25) is 0 Å². The first-order valence-electron chi connectivity index (χ1n) is 7.55. The first-order chi connectivity index (χ1) is 12.0. The van der Waals surface area contributed by atoms with E-state index in [9.17, 15) is 23.5 Å². The van der Waals surface area contributed by atoms with Crippen LogP contribution < -0.4 is 0 Å². The molecule has 0 aliphatic rings. The summed E-state index contributed by atoms with van der Waals surface area (Å²) in [6, 6.07) is 7.28. The molecule has 0 radical (unpaired) electrons. The molecule has 0 unspecified atom stereocenters. The number of hydrogen-bond donors (Lipinski definition) is 1. The Morgan fingerprint density at radius 1 is 1.23 bits per heavy atom. The first-order valence-corrected chi connectivity index (χ1v) is 7.55. The number of phenolic OH excluding ortho intramolecular Hbond substituents is 1. The third-order valence-corrected chi connectivity index (χ3v) is 3.14. The van der Waals surface area contributed by atoms with E-state index in [1.54, 1.807) is 20.8 Å². The van der Waals surface area contributed by atoms with E-state index in [1.165, 1.54) is 18.3 Å². The molecule has 5 nitrogen and oxygen atoms in total. The second-order valence-corrected chi connectivity index (χ2v) is 6.38. The lowest BCUT2D eigenvalue weighted by Gasteiger charge is -2.18. The molecular formula is C18H16F3N3O2. The molecule has 2 rings (SSSR count). The highest BCUT2D eigenvalue weighted by molar-refractivity contribution is 6.14. The summed E-state index contributed by atoms with van der Waals surface area (Å²) >= 11 is 0. The van der Waals surface area contributed by atoms with Gasteiger partial charge in [0.2, 0.25) is 0 Å². The van der Waals surface area contributed by atoms with Gasteiger partial charge >= 0.3 is 6.18 Å². The number of nitrogens with zero attached hydrogens (tertiary/aromatic N) is 3. The minimum atomic E-state index is -4.61. The topological polar surface area (TPSA) is 78.5 Å². The SMILES string of the molecule is CC(C)(C)ON=C(c1cc(C(F)(F)F)ccc1O)c1ncccc1C#N. The van der Waals surface area contributed by atoms with Gasteiger partial charge in [-0.2, -0.15) is 18.4 Å². The molecule has 1 aromatic heterocycles. The summed E-state index contributed by atoms with van der Waals surface area (Å²) in [7, 11) is 0. The van der Waals surface area contributed by atoms with Crippen molar-refractivity contribution in [3.63, 3.8) is 0 Å². The largest absolute Gasteiger partial charge is 0.507 e. The van der Waals surface area contributed by atoms with Gasteiger partial charge in [0.15, 0.2) is 0 Å². The maximum atomic E-state index is 13.1. The summed E-state index contributed by atoms with van der Waals surface area (Å²) in [6.07, 6.45) is -3.24. The van der Waals surface area contributed by atoms with Crippen LogP contribution in [-0.2, 0) is 11.0 Å². The van der Waals surface area contributed by atoms with E-state index in [2.05, 4.69) is 10.1 Å². The highest BCUT2D eigenvalue weighted by Gasteiger charge is 2.32. The van der Waals surface area contributed by atoms with Crippen LogP contribution in [0.1, 0.15) is 43.2 Å². The second kappa shape index (κ2) is 7.04. The molecule has 136 valence electrons. The van der Waals surface area contributed by atoms with Crippen LogP contribution >= 0.6 is 0 Å². The van der Waals surface area contributed by atoms with Gasteiger partial charge in [-0.15, -0.1) is 0 Å². The first kappa shape index (κ1) is 19.2. The predicted octanol–water partition coefficient (Wildman–Crippen LogP) is 4.25. The number of hydrogen-bond acceptors (Lipinski definition) is 5. The van der Waals surface area contributed by atoms with Crippen molar-refractivity contribution in [1.82, 2.24) is 4.98 Å². The van der Waals surface area contributed by atoms with Crippen molar-refractivity contribution in [2.45, 2.75) is 32.5 Å². The van der Waals surface area contributed by atoms with Gasteiger partial charge in [-0.05, 0) is 51.1 Å². The Bertz CT molecular complexity index is 878. The molecular weight excluding hydrogens is 347 g/mol. The smallest absolute Gasteiger partial charge is 0.416 e. The van der Waals surface area contributed by atoms with E-state index >= 15 is 0 Å². The second-order valence-electron chi connectivity index (χ2n) is 6.38. The van der Waals surface area contributed by atoms with E-state index < -0.39 is 23.1 Å². The van der Waals surface area contributed by atoms with E-state index in [4.69, 9.17) is 4.84 Å². The standard InChI is InChI=1S/C18H16F3N3O2/c1-17(2,3)26-24-16(15-11(10-22)5-4-8-23-15)13-9-12(18(19,20)21)6-7-14(13)25/h4-9,25H,1-3H3. The zero-order valence-corrected chi connectivity index (χ0v) is 14.3. The minimum Gasteiger partial charge on any atom is -0.507 e. The summed E-state index contributed by atoms with van der Waals surface area (Å²) < 4.78 is 39.2. The molecule has 8 heteroatoms. The number of halogens is 3. The van der Waals surface area contributed by atoms with Gasteiger partial charge in [-0.3, -0.25) is 4.98 Å². The average molecular weight is 363 g/mol. The van der Waals surface area contributed by atoms with Crippen molar-refractivity contribution in [3.8, 4) is 11.8 Å². The number of nitriles is 1. The number of oxime groups is 1. The normalized spacial score (nSPS) is 12.6. The zero-order valence-electron chi connectivity index (χ0n) is 14.3. The lowest BCUT2D eigenvalue weighted by atomic mass is 10.00. The van der Waals surface area contributed by atoms with Gasteiger partial charge in [0.1, 0.15) is 28.8 Å². The fraction of sp³-hybridized carbons (Fsp3) is 0.278. The van der Waals surface area contributed by atoms with Crippen molar-refractivity contribution in [2.75, 3.05) is 0 Å². The van der Waals surface area contributed by atoms with Crippen LogP contribution in [0.3, 0.4) is 0 Å². The summed E-state index contributed by atoms with van der Waals surface area (Å²) in [5.41, 5.74) is -2.03. The molecule has 0 atom stereocenters. The van der Waals surface area contributed by atoms with Gasteiger partial charge in [-0.25, -0.2) is 0 Å². The van der Waals surface area contributed by atoms with Crippen molar-refractivity contribution < 1.29 is 23.1 Å². The highest BCUT2D eigenvalue weighted by Crippen LogP contribution is 2.33. The molecule has 2 aromatic rings. The lowest BCUT2D eigenvalue weighted by Crippen LogP contribution is -2.19. The summed E-state index contributed by atoms with van der Waals surface area (Å²) in [6.45, 7) is 5.09. The van der Waals surface area contributed by atoms with Crippen LogP contribution in [0, 0.1) is 11.3 Å². The fourth-order valence-corrected chi connectivity index (χ4v) is 1.99. The molecule has 0 aliphatic heterocycles. The average Bonchev–Trinajstić information content (AvgIpc) is 2.54. The van der Waals surface area contributed by atoms with Gasteiger partial charge in [0, 0.05) is 11.8 Å². The number of aromatic nitrogens is 1. The maximum Gasteiger partial charge on any atom is 0.416 e. The van der Waals surface area contributed by atoms with E-state index in [0.717, 1.165) is 18.2 Å². The molecule has 1 N–H and O–H groups in total. The highest BCUT2D eigenvalue weighted by atomic mass is 19.4. The van der Waals surface area contributed by atoms with Crippen LogP contribution in [0.4, 0.5) is 13.2 Å². The van der Waals surface area contributed by atoms with Crippen molar-refractivity contribution >= 4 is 5.71 Å². The summed E-state index contributed by atoms with van der Waals surface area (Å²) in [4.78, 5) is 9.36. The van der Waals surface area contributed by atoms with Gasteiger partial charge in [0.25, 0.3) is 0 Å². The Morgan fingerprint density at radius 2 is 1.92 bits per heavy atom. The van der Waals surface area contributed by atoms with Crippen LogP contribution in [-0.4, -0.2) is 21.4 Å². The molecule has 0 amide bonds. The third-order valence-electron chi connectivity index (χ3n) is 3.14. The molecule has 26 heavy (non-hydrogen) atoms. The van der Waals surface area contributed by atoms with Crippen LogP contribution in [0.25, 0.3) is 0 Å². The Kier molecular flexibility index (Phi) is 5.21. The van der Waals surface area contributed by atoms with Crippen molar-refractivity contribution in [3.05, 3.63) is 58.9 Å². The van der Waals surface area contributed by atoms with Crippen LogP contribution in [0.5, 0.6) is 5.75 Å². The van der Waals surface area contributed by atoms with Gasteiger partial charge in [0.05, 0.1) is 11.1 Å². The van der Waals surface area contributed by atoms with Crippen LogP contribution in [0.15, 0.2) is 41.7 Å². The number of benzene rings is 1.